The fourth-order valence-electron chi connectivity index (χ4n) is 3.52. The third kappa shape index (κ3) is 2.16. The topological polar surface area (TPSA) is 49.5 Å². The summed E-state index contributed by atoms with van der Waals surface area (Å²) < 4.78 is 26.4. The number of aliphatic hydroxyl groups excluding tert-OH is 1. The number of alkyl halides is 2. The van der Waals surface area contributed by atoms with Crippen LogP contribution in [0.3, 0.4) is 0 Å². The van der Waals surface area contributed by atoms with Crippen LogP contribution in [0.2, 0.25) is 0 Å². The lowest BCUT2D eigenvalue weighted by Crippen LogP contribution is -2.45. The van der Waals surface area contributed by atoms with Crippen molar-refractivity contribution in [3.63, 3.8) is 0 Å². The van der Waals surface area contributed by atoms with Gasteiger partial charge in [-0.2, -0.15) is 0 Å². The summed E-state index contributed by atoms with van der Waals surface area (Å²) >= 11 is 0. The Labute approximate surface area is 111 Å². The normalized spacial score (nSPS) is 30.1. The molecule has 2 saturated heterocycles. The van der Waals surface area contributed by atoms with E-state index in [1.165, 1.54) is 6.07 Å². The molecule has 2 aliphatic rings. The number of rotatable bonds is 2. The number of anilines is 2. The molecule has 1 aromatic rings. The van der Waals surface area contributed by atoms with Crippen LogP contribution in [-0.4, -0.2) is 23.3 Å². The number of benzene rings is 1. The molecule has 2 unspecified atom stereocenters. The molecule has 0 radical (unpaired) electrons. The van der Waals surface area contributed by atoms with Gasteiger partial charge in [-0.3, -0.25) is 0 Å². The van der Waals surface area contributed by atoms with Gasteiger partial charge in [-0.1, -0.05) is 0 Å². The molecule has 2 aliphatic heterocycles. The summed E-state index contributed by atoms with van der Waals surface area (Å²) in [4.78, 5) is 2.08. The van der Waals surface area contributed by atoms with Gasteiger partial charge in [-0.05, 0) is 43.9 Å². The van der Waals surface area contributed by atoms with Gasteiger partial charge in [-0.25, -0.2) is 8.78 Å². The SMILES string of the molecule is Nc1ccc(N2C3CCC2CC(O)C3)c(C(F)F)c1. The highest BCUT2D eigenvalue weighted by Gasteiger charge is 2.41. The van der Waals surface area contributed by atoms with E-state index in [4.69, 9.17) is 5.73 Å². The molecule has 2 heterocycles. The van der Waals surface area contributed by atoms with Crippen LogP contribution >= 0.6 is 0 Å². The minimum atomic E-state index is -2.52. The Morgan fingerprint density at radius 1 is 1.21 bits per heavy atom. The van der Waals surface area contributed by atoms with Crippen LogP contribution in [0.1, 0.15) is 37.7 Å². The van der Waals surface area contributed by atoms with Gasteiger partial charge >= 0.3 is 0 Å². The molecule has 3 N–H and O–H groups in total. The number of piperidine rings is 1. The fraction of sp³-hybridized carbons (Fsp3) is 0.571. The first-order valence-corrected chi connectivity index (χ1v) is 6.70. The quantitative estimate of drug-likeness (QED) is 0.811. The molecule has 3 rings (SSSR count). The van der Waals surface area contributed by atoms with E-state index in [9.17, 15) is 13.9 Å². The third-order valence-corrected chi connectivity index (χ3v) is 4.27. The molecule has 104 valence electrons. The molecule has 2 bridgehead atoms. The molecule has 3 nitrogen and oxygen atoms in total. The lowest BCUT2D eigenvalue weighted by atomic mass is 9.97. The van der Waals surface area contributed by atoms with E-state index in [1.54, 1.807) is 12.1 Å². The van der Waals surface area contributed by atoms with Crippen LogP contribution in [-0.2, 0) is 0 Å². The van der Waals surface area contributed by atoms with Crippen LogP contribution in [0.25, 0.3) is 0 Å². The largest absolute Gasteiger partial charge is 0.399 e. The van der Waals surface area contributed by atoms with E-state index in [1.807, 2.05) is 0 Å². The summed E-state index contributed by atoms with van der Waals surface area (Å²) in [5.74, 6) is 0. The second kappa shape index (κ2) is 4.63. The van der Waals surface area contributed by atoms with Crippen LogP contribution in [0.4, 0.5) is 20.2 Å². The predicted octanol–water partition coefficient (Wildman–Crippen LogP) is 2.70. The maximum atomic E-state index is 13.2. The Hall–Kier alpha value is -1.36. The van der Waals surface area contributed by atoms with Crippen molar-refractivity contribution in [2.24, 2.45) is 0 Å². The minimum Gasteiger partial charge on any atom is -0.399 e. The smallest absolute Gasteiger partial charge is 0.265 e. The zero-order chi connectivity index (χ0) is 13.6. The van der Waals surface area contributed by atoms with Crippen molar-refractivity contribution >= 4 is 11.4 Å². The van der Waals surface area contributed by atoms with Crippen molar-refractivity contribution in [2.45, 2.75) is 50.3 Å². The van der Waals surface area contributed by atoms with E-state index in [-0.39, 0.29) is 23.8 Å². The first-order chi connectivity index (χ1) is 9.06. The summed E-state index contributed by atoms with van der Waals surface area (Å²) in [6.07, 6.45) is 0.457. The van der Waals surface area contributed by atoms with Crippen molar-refractivity contribution in [1.82, 2.24) is 0 Å². The van der Waals surface area contributed by atoms with Crippen LogP contribution in [0.5, 0.6) is 0 Å². The van der Waals surface area contributed by atoms with Crippen LogP contribution in [0, 0.1) is 0 Å². The van der Waals surface area contributed by atoms with Crippen molar-refractivity contribution in [1.29, 1.82) is 0 Å². The van der Waals surface area contributed by atoms with Crippen LogP contribution < -0.4 is 10.6 Å². The second-order valence-corrected chi connectivity index (χ2v) is 5.54. The molecule has 2 atom stereocenters. The number of hydrogen-bond donors (Lipinski definition) is 2. The number of nitrogens with zero attached hydrogens (tertiary/aromatic N) is 1. The molecule has 0 amide bonds. The van der Waals surface area contributed by atoms with Crippen molar-refractivity contribution in [3.05, 3.63) is 23.8 Å². The average molecular weight is 268 g/mol. The first-order valence-electron chi connectivity index (χ1n) is 6.70. The number of fused-ring (bicyclic) bond motifs is 2. The van der Waals surface area contributed by atoms with E-state index < -0.39 is 6.43 Å². The molecule has 2 fully saturated rings. The summed E-state index contributed by atoms with van der Waals surface area (Å²) in [6.45, 7) is 0. The predicted molar refractivity (Wildman–Crippen MR) is 70.3 cm³/mol. The Kier molecular flexibility index (Phi) is 3.09. The molecule has 1 aromatic carbocycles. The summed E-state index contributed by atoms with van der Waals surface area (Å²) in [7, 11) is 0. The van der Waals surface area contributed by atoms with E-state index in [2.05, 4.69) is 4.90 Å². The molecule has 5 heteroatoms. The molecule has 0 aromatic heterocycles. The zero-order valence-electron chi connectivity index (χ0n) is 10.6. The highest BCUT2D eigenvalue weighted by molar-refractivity contribution is 5.62. The number of hydrogen-bond acceptors (Lipinski definition) is 3. The number of halogens is 2. The summed E-state index contributed by atoms with van der Waals surface area (Å²) in [6, 6.07) is 5.08. The molecule has 0 aliphatic carbocycles. The maximum absolute atomic E-state index is 13.2. The molecule has 0 spiro atoms. The minimum absolute atomic E-state index is 0.00768. The Bertz CT molecular complexity index is 467. The Balaban J connectivity index is 1.99. The Morgan fingerprint density at radius 3 is 2.42 bits per heavy atom. The second-order valence-electron chi connectivity index (χ2n) is 5.54. The highest BCUT2D eigenvalue weighted by atomic mass is 19.3. The fourth-order valence-corrected chi connectivity index (χ4v) is 3.52. The highest BCUT2D eigenvalue weighted by Crippen LogP contribution is 2.43. The number of nitrogens with two attached hydrogens (primary N) is 1. The maximum Gasteiger partial charge on any atom is 0.265 e. The van der Waals surface area contributed by atoms with E-state index in [0.29, 0.717) is 24.2 Å². The van der Waals surface area contributed by atoms with E-state index in [0.717, 1.165) is 12.8 Å². The molecular weight excluding hydrogens is 250 g/mol. The van der Waals surface area contributed by atoms with Gasteiger partial charge in [-0.15, -0.1) is 0 Å². The molecular formula is C14H18F2N2O. The van der Waals surface area contributed by atoms with Crippen molar-refractivity contribution < 1.29 is 13.9 Å². The lowest BCUT2D eigenvalue weighted by molar-refractivity contribution is 0.125. The van der Waals surface area contributed by atoms with Gasteiger partial charge in [0.1, 0.15) is 0 Å². The average Bonchev–Trinajstić information content (AvgIpc) is 2.62. The number of aliphatic hydroxyl groups is 1. The van der Waals surface area contributed by atoms with Crippen molar-refractivity contribution in [3.8, 4) is 0 Å². The van der Waals surface area contributed by atoms with Gasteiger partial charge in [0.05, 0.1) is 6.10 Å². The van der Waals surface area contributed by atoms with Gasteiger partial charge in [0.15, 0.2) is 0 Å². The van der Waals surface area contributed by atoms with E-state index >= 15 is 0 Å². The van der Waals surface area contributed by atoms with Gasteiger partial charge < -0.3 is 15.7 Å². The first kappa shape index (κ1) is 12.7. The standard InChI is InChI=1S/C14H18F2N2O/c15-14(16)12-5-8(17)1-4-13(12)18-9-2-3-10(18)7-11(19)6-9/h1,4-5,9-11,14,19H,2-3,6-7,17H2. The summed E-state index contributed by atoms with van der Waals surface area (Å²) in [5.41, 5.74) is 6.57. The molecule has 19 heavy (non-hydrogen) atoms. The van der Waals surface area contributed by atoms with Crippen molar-refractivity contribution in [2.75, 3.05) is 10.6 Å². The zero-order valence-corrected chi connectivity index (χ0v) is 10.6. The summed E-state index contributed by atoms with van der Waals surface area (Å²) in [5, 5.41) is 9.78. The lowest BCUT2D eigenvalue weighted by Gasteiger charge is -2.40. The monoisotopic (exact) mass is 268 g/mol. The van der Waals surface area contributed by atoms with Gasteiger partial charge in [0, 0.05) is 29.0 Å². The third-order valence-electron chi connectivity index (χ3n) is 4.27. The Morgan fingerprint density at radius 2 is 1.84 bits per heavy atom. The van der Waals surface area contributed by atoms with Crippen LogP contribution in [0.15, 0.2) is 18.2 Å². The van der Waals surface area contributed by atoms with Gasteiger partial charge in [0.2, 0.25) is 0 Å². The molecule has 0 saturated carbocycles. The van der Waals surface area contributed by atoms with Gasteiger partial charge in [0.25, 0.3) is 6.43 Å². The number of nitrogen functional groups attached to an aromatic ring is 1.